The van der Waals surface area contributed by atoms with Crippen LogP contribution in [0.2, 0.25) is 0 Å². The second kappa shape index (κ2) is 8.47. The maximum Gasteiger partial charge on any atom is 0.338 e. The van der Waals surface area contributed by atoms with Crippen molar-refractivity contribution in [2.24, 2.45) is 7.05 Å². The number of sulfonamides is 1. The molecule has 1 atom stereocenters. The van der Waals surface area contributed by atoms with Crippen molar-refractivity contribution < 1.29 is 17.9 Å². The Bertz CT molecular complexity index is 1360. The van der Waals surface area contributed by atoms with E-state index in [0.29, 0.717) is 11.5 Å². The van der Waals surface area contributed by atoms with Gasteiger partial charge in [0.25, 0.3) is 10.0 Å². The number of carbonyl (C=O) groups is 1. The summed E-state index contributed by atoms with van der Waals surface area (Å²) in [6, 6.07) is 22.2. The highest BCUT2D eigenvalue weighted by atomic mass is 32.2. The van der Waals surface area contributed by atoms with Crippen molar-refractivity contribution in [3.05, 3.63) is 90.3 Å². The molecule has 0 radical (unpaired) electrons. The molecule has 0 saturated heterocycles. The van der Waals surface area contributed by atoms with E-state index in [2.05, 4.69) is 4.98 Å². The highest BCUT2D eigenvalue weighted by molar-refractivity contribution is 7.92. The molecule has 8 heteroatoms. The van der Waals surface area contributed by atoms with Crippen molar-refractivity contribution in [3.63, 3.8) is 0 Å². The molecule has 1 unspecified atom stereocenters. The highest BCUT2D eigenvalue weighted by Crippen LogP contribution is 2.24. The molecule has 0 saturated carbocycles. The first-order valence-corrected chi connectivity index (χ1v) is 11.5. The van der Waals surface area contributed by atoms with Crippen LogP contribution in [0.3, 0.4) is 0 Å². The molecule has 4 aromatic rings. The fourth-order valence-corrected chi connectivity index (χ4v) is 4.70. The van der Waals surface area contributed by atoms with Gasteiger partial charge in [0.05, 0.1) is 27.2 Å². The molecule has 0 aliphatic heterocycles. The maximum absolute atomic E-state index is 12.9. The number of anilines is 1. The van der Waals surface area contributed by atoms with Gasteiger partial charge in [0.15, 0.2) is 11.9 Å². The Morgan fingerprint density at radius 1 is 0.969 bits per heavy atom. The molecule has 4 rings (SSSR count). The minimum atomic E-state index is -3.75. The molecule has 0 fully saturated rings. The van der Waals surface area contributed by atoms with Gasteiger partial charge in [0.1, 0.15) is 0 Å². The van der Waals surface area contributed by atoms with E-state index in [-0.39, 0.29) is 10.5 Å². The third kappa shape index (κ3) is 3.97. The quantitative estimate of drug-likeness (QED) is 0.410. The van der Waals surface area contributed by atoms with Crippen LogP contribution in [0.25, 0.3) is 11.0 Å². The number of benzene rings is 3. The molecule has 0 spiro atoms. The van der Waals surface area contributed by atoms with E-state index in [1.807, 2.05) is 41.9 Å². The van der Waals surface area contributed by atoms with E-state index < -0.39 is 22.1 Å². The van der Waals surface area contributed by atoms with Gasteiger partial charge in [0, 0.05) is 14.1 Å². The topological polar surface area (TPSA) is 81.5 Å². The van der Waals surface area contributed by atoms with Crippen molar-refractivity contribution in [2.75, 3.05) is 11.4 Å². The van der Waals surface area contributed by atoms with E-state index >= 15 is 0 Å². The lowest BCUT2D eigenvalue weighted by atomic mass is 10.2. The van der Waals surface area contributed by atoms with Crippen molar-refractivity contribution in [3.8, 4) is 0 Å². The number of aromatic nitrogens is 2. The van der Waals surface area contributed by atoms with Crippen LogP contribution in [-0.4, -0.2) is 31.0 Å². The summed E-state index contributed by atoms with van der Waals surface area (Å²) in [5.74, 6) is 0.0770. The lowest BCUT2D eigenvalue weighted by Gasteiger charge is -2.19. The van der Waals surface area contributed by atoms with Gasteiger partial charge in [-0.05, 0) is 55.5 Å². The molecule has 0 bridgehead atoms. The zero-order valence-corrected chi connectivity index (χ0v) is 18.8. The zero-order valence-electron chi connectivity index (χ0n) is 18.0. The lowest BCUT2D eigenvalue weighted by Crippen LogP contribution is -2.26. The van der Waals surface area contributed by atoms with Crippen LogP contribution < -0.4 is 4.31 Å². The zero-order chi connectivity index (χ0) is 22.9. The van der Waals surface area contributed by atoms with Gasteiger partial charge in [0.2, 0.25) is 0 Å². The second-order valence-electron chi connectivity index (χ2n) is 7.40. The maximum atomic E-state index is 12.9. The van der Waals surface area contributed by atoms with E-state index in [1.165, 1.54) is 35.6 Å². The number of hydrogen-bond donors (Lipinski definition) is 0. The number of rotatable bonds is 6. The van der Waals surface area contributed by atoms with E-state index in [9.17, 15) is 13.2 Å². The van der Waals surface area contributed by atoms with Gasteiger partial charge in [-0.2, -0.15) is 0 Å². The number of hydrogen-bond acceptors (Lipinski definition) is 5. The summed E-state index contributed by atoms with van der Waals surface area (Å²) in [6.45, 7) is 1.76. The molecule has 164 valence electrons. The predicted octanol–water partition coefficient (Wildman–Crippen LogP) is 4.32. The Balaban J connectivity index is 1.51. The highest BCUT2D eigenvalue weighted by Gasteiger charge is 2.23. The number of fused-ring (bicyclic) bond motifs is 1. The second-order valence-corrected chi connectivity index (χ2v) is 9.37. The molecule has 32 heavy (non-hydrogen) atoms. The fourth-order valence-electron chi connectivity index (χ4n) is 3.51. The Kier molecular flexibility index (Phi) is 5.71. The summed E-state index contributed by atoms with van der Waals surface area (Å²) in [7, 11) is -0.389. The van der Waals surface area contributed by atoms with E-state index in [1.54, 1.807) is 31.2 Å². The van der Waals surface area contributed by atoms with Crippen LogP contribution >= 0.6 is 0 Å². The summed E-state index contributed by atoms with van der Waals surface area (Å²) in [5.41, 5.74) is 2.58. The average Bonchev–Trinajstić information content (AvgIpc) is 3.16. The monoisotopic (exact) mass is 449 g/mol. The summed E-state index contributed by atoms with van der Waals surface area (Å²) >= 11 is 0. The van der Waals surface area contributed by atoms with Crippen molar-refractivity contribution in [1.29, 1.82) is 0 Å². The number of nitrogens with zero attached hydrogens (tertiary/aromatic N) is 3. The van der Waals surface area contributed by atoms with Gasteiger partial charge in [-0.15, -0.1) is 0 Å². The van der Waals surface area contributed by atoms with Gasteiger partial charge < -0.3 is 9.30 Å². The first kappa shape index (κ1) is 21.6. The molecule has 0 aliphatic carbocycles. The van der Waals surface area contributed by atoms with Crippen LogP contribution in [0.1, 0.15) is 29.2 Å². The van der Waals surface area contributed by atoms with Gasteiger partial charge >= 0.3 is 5.97 Å². The Hall–Kier alpha value is -3.65. The van der Waals surface area contributed by atoms with Crippen LogP contribution in [0, 0.1) is 0 Å². The molecular weight excluding hydrogens is 426 g/mol. The minimum Gasteiger partial charge on any atom is -0.451 e. The van der Waals surface area contributed by atoms with Crippen LogP contribution in [0.4, 0.5) is 5.69 Å². The third-order valence-corrected chi connectivity index (χ3v) is 7.14. The number of imidazole rings is 1. The number of para-hydroxylation sites is 3. The van der Waals surface area contributed by atoms with Crippen molar-refractivity contribution in [2.45, 2.75) is 17.9 Å². The first-order chi connectivity index (χ1) is 15.3. The van der Waals surface area contributed by atoms with Crippen LogP contribution in [0.5, 0.6) is 0 Å². The fraction of sp³-hybridized carbons (Fsp3) is 0.167. The predicted molar refractivity (Wildman–Crippen MR) is 123 cm³/mol. The summed E-state index contributed by atoms with van der Waals surface area (Å²) < 4.78 is 34.5. The van der Waals surface area contributed by atoms with Gasteiger partial charge in [-0.1, -0.05) is 30.3 Å². The first-order valence-electron chi connectivity index (χ1n) is 10.1. The van der Waals surface area contributed by atoms with Crippen molar-refractivity contribution in [1.82, 2.24) is 9.55 Å². The Morgan fingerprint density at radius 2 is 1.59 bits per heavy atom. The molecular formula is C24H23N3O4S. The van der Waals surface area contributed by atoms with Gasteiger partial charge in [-0.25, -0.2) is 18.2 Å². The molecule has 1 heterocycles. The number of carbonyl (C=O) groups excluding carboxylic acids is 1. The third-order valence-electron chi connectivity index (χ3n) is 5.34. The van der Waals surface area contributed by atoms with Crippen molar-refractivity contribution >= 4 is 32.7 Å². The SMILES string of the molecule is CC(OC(=O)c1ccc(S(=O)(=O)N(C)c2ccccc2)cc1)c1nc2ccccc2n1C. The minimum absolute atomic E-state index is 0.0869. The standard InChI is InChI=1S/C24H23N3O4S/c1-17(23-25-21-11-7-8-12-22(21)26(23)2)31-24(28)18-13-15-20(16-14-18)32(29,30)27(3)19-9-5-4-6-10-19/h4-17H,1-3H3. The number of aryl methyl sites for hydroxylation is 1. The molecule has 0 amide bonds. The summed E-state index contributed by atoms with van der Waals surface area (Å²) in [5, 5.41) is 0. The smallest absolute Gasteiger partial charge is 0.338 e. The molecule has 7 nitrogen and oxygen atoms in total. The van der Waals surface area contributed by atoms with E-state index in [4.69, 9.17) is 4.74 Å². The van der Waals surface area contributed by atoms with E-state index in [0.717, 1.165) is 11.0 Å². The summed E-state index contributed by atoms with van der Waals surface area (Å²) in [6.07, 6.45) is -0.576. The molecule has 0 N–H and O–H groups in total. The Labute approximate surface area is 186 Å². The number of ether oxygens (including phenoxy) is 1. The Morgan fingerprint density at radius 3 is 2.25 bits per heavy atom. The molecule has 1 aromatic heterocycles. The van der Waals surface area contributed by atoms with Crippen LogP contribution in [0.15, 0.2) is 83.8 Å². The molecule has 0 aliphatic rings. The lowest BCUT2D eigenvalue weighted by molar-refractivity contribution is 0.0315. The molecule has 3 aromatic carbocycles. The summed E-state index contributed by atoms with van der Waals surface area (Å²) in [4.78, 5) is 17.3. The number of esters is 1. The largest absolute Gasteiger partial charge is 0.451 e. The van der Waals surface area contributed by atoms with Crippen LogP contribution in [-0.2, 0) is 21.8 Å². The normalized spacial score (nSPS) is 12.5. The average molecular weight is 450 g/mol. The van der Waals surface area contributed by atoms with Gasteiger partial charge in [-0.3, -0.25) is 4.31 Å².